The number of piperazine rings is 1. The fourth-order valence-corrected chi connectivity index (χ4v) is 5.69. The van der Waals surface area contributed by atoms with E-state index in [9.17, 15) is 23.2 Å². The largest absolute Gasteiger partial charge is 0.418 e. The standard InChI is InChI=1S/C29H30ClF3N6O2/c1-17-15-37(9-10-38(17)27-35-26(41-36-27)28(2,3)4)16-20-12-21(30)13-23(24(20)29(31,32)33)39-8-7-19-11-18(14-34)5-6-22(19)25(39)40/h5-6,11-13,17H,7-10,15-16H2,1-4H3. The Morgan fingerprint density at radius 2 is 1.90 bits per heavy atom. The number of aromatic nitrogens is 2. The van der Waals surface area contributed by atoms with Crippen LogP contribution >= 0.6 is 11.6 Å². The third-order valence-electron chi connectivity index (χ3n) is 7.47. The van der Waals surface area contributed by atoms with Crippen LogP contribution in [0, 0.1) is 11.3 Å². The molecule has 0 saturated carbocycles. The lowest BCUT2D eigenvalue weighted by Gasteiger charge is -2.39. The van der Waals surface area contributed by atoms with Crippen molar-refractivity contribution in [3.8, 4) is 6.07 Å². The van der Waals surface area contributed by atoms with E-state index in [0.717, 1.165) is 4.90 Å². The first kappa shape index (κ1) is 28.9. The molecule has 5 rings (SSSR count). The summed E-state index contributed by atoms with van der Waals surface area (Å²) < 4.78 is 49.4. The van der Waals surface area contributed by atoms with Crippen LogP contribution < -0.4 is 9.80 Å². The molecule has 41 heavy (non-hydrogen) atoms. The minimum atomic E-state index is -4.72. The number of nitriles is 1. The van der Waals surface area contributed by atoms with Crippen molar-refractivity contribution in [3.05, 3.63) is 69.1 Å². The van der Waals surface area contributed by atoms with E-state index in [1.165, 1.54) is 24.3 Å². The molecule has 1 fully saturated rings. The van der Waals surface area contributed by atoms with E-state index in [0.29, 0.717) is 49.0 Å². The van der Waals surface area contributed by atoms with Crippen LogP contribution in [-0.4, -0.2) is 53.2 Å². The molecule has 1 aromatic heterocycles. The average Bonchev–Trinajstić information content (AvgIpc) is 3.38. The molecule has 3 heterocycles. The van der Waals surface area contributed by atoms with E-state index < -0.39 is 17.6 Å². The van der Waals surface area contributed by atoms with E-state index in [2.05, 4.69) is 10.1 Å². The Morgan fingerprint density at radius 1 is 1.15 bits per heavy atom. The summed E-state index contributed by atoms with van der Waals surface area (Å²) in [5.74, 6) is 0.434. The van der Waals surface area contributed by atoms with Gasteiger partial charge in [-0.25, -0.2) is 0 Å². The number of nitrogens with zero attached hydrogens (tertiary/aromatic N) is 6. The summed E-state index contributed by atoms with van der Waals surface area (Å²) in [6.45, 7) is 9.39. The maximum absolute atomic E-state index is 14.7. The molecule has 1 saturated heterocycles. The number of halogens is 4. The van der Waals surface area contributed by atoms with Gasteiger partial charge in [-0.2, -0.15) is 23.4 Å². The van der Waals surface area contributed by atoms with Gasteiger partial charge >= 0.3 is 6.18 Å². The van der Waals surface area contributed by atoms with E-state index >= 15 is 0 Å². The second-order valence-electron chi connectivity index (χ2n) is 11.6. The first-order valence-electron chi connectivity index (χ1n) is 13.3. The van der Waals surface area contributed by atoms with Gasteiger partial charge in [0.15, 0.2) is 0 Å². The first-order chi connectivity index (χ1) is 19.3. The highest BCUT2D eigenvalue weighted by Gasteiger charge is 2.41. The molecule has 0 aliphatic carbocycles. The Hall–Kier alpha value is -3.62. The van der Waals surface area contributed by atoms with Gasteiger partial charge in [0.1, 0.15) is 0 Å². The first-order valence-corrected chi connectivity index (χ1v) is 13.7. The minimum Gasteiger partial charge on any atom is -0.337 e. The highest BCUT2D eigenvalue weighted by molar-refractivity contribution is 6.31. The van der Waals surface area contributed by atoms with Crippen molar-refractivity contribution in [1.29, 1.82) is 5.26 Å². The number of benzene rings is 2. The number of hydrogen-bond acceptors (Lipinski definition) is 7. The molecular formula is C29H30ClF3N6O2. The van der Waals surface area contributed by atoms with Crippen LogP contribution in [-0.2, 0) is 24.6 Å². The summed E-state index contributed by atoms with van der Waals surface area (Å²) in [6.07, 6.45) is -4.40. The van der Waals surface area contributed by atoms with Crippen molar-refractivity contribution in [2.24, 2.45) is 0 Å². The third-order valence-corrected chi connectivity index (χ3v) is 7.69. The molecule has 0 spiro atoms. The molecule has 2 aliphatic rings. The molecule has 12 heteroatoms. The molecule has 0 radical (unpaired) electrons. The predicted molar refractivity (Wildman–Crippen MR) is 148 cm³/mol. The van der Waals surface area contributed by atoms with Crippen LogP contribution in [0.4, 0.5) is 24.8 Å². The number of fused-ring (bicyclic) bond motifs is 1. The van der Waals surface area contributed by atoms with E-state index in [-0.39, 0.29) is 46.4 Å². The highest BCUT2D eigenvalue weighted by Crippen LogP contribution is 2.43. The second-order valence-corrected chi connectivity index (χ2v) is 12.0. The van der Waals surface area contributed by atoms with E-state index in [1.54, 1.807) is 6.07 Å². The minimum absolute atomic E-state index is 0.00418. The van der Waals surface area contributed by atoms with Gasteiger partial charge in [0.2, 0.25) is 5.89 Å². The molecular weight excluding hydrogens is 557 g/mol. The number of carbonyl (C=O) groups excluding carboxylic acids is 1. The van der Waals surface area contributed by atoms with Crippen LogP contribution in [0.5, 0.6) is 0 Å². The Morgan fingerprint density at radius 3 is 2.54 bits per heavy atom. The maximum Gasteiger partial charge on any atom is 0.418 e. The van der Waals surface area contributed by atoms with Crippen molar-refractivity contribution in [1.82, 2.24) is 15.0 Å². The SMILES string of the molecule is CC1CN(Cc2cc(Cl)cc(N3CCc4cc(C#N)ccc4C3=O)c2C(F)(F)F)CCN1c1noc(C(C)(C)C)n1. The molecule has 216 valence electrons. The number of hydrogen-bond donors (Lipinski definition) is 0. The molecule has 1 atom stereocenters. The summed E-state index contributed by atoms with van der Waals surface area (Å²) in [4.78, 5) is 23.0. The molecule has 0 N–H and O–H groups in total. The molecule has 2 aromatic carbocycles. The van der Waals surface area contributed by atoms with Gasteiger partial charge in [-0.3, -0.25) is 9.69 Å². The monoisotopic (exact) mass is 586 g/mol. The van der Waals surface area contributed by atoms with Gasteiger partial charge in [0, 0.05) is 54.8 Å². The Kier molecular flexibility index (Phi) is 7.51. The average molecular weight is 587 g/mol. The van der Waals surface area contributed by atoms with Crippen molar-refractivity contribution < 1.29 is 22.5 Å². The number of amides is 1. The Bertz CT molecular complexity index is 1520. The van der Waals surface area contributed by atoms with Gasteiger partial charge in [-0.1, -0.05) is 32.4 Å². The maximum atomic E-state index is 14.7. The summed E-state index contributed by atoms with van der Waals surface area (Å²) in [7, 11) is 0. The number of alkyl halides is 3. The lowest BCUT2D eigenvalue weighted by Crippen LogP contribution is -2.52. The molecule has 1 amide bonds. The summed E-state index contributed by atoms with van der Waals surface area (Å²) in [5.41, 5.74) is -0.0897. The van der Waals surface area contributed by atoms with Gasteiger partial charge < -0.3 is 14.3 Å². The highest BCUT2D eigenvalue weighted by atomic mass is 35.5. The van der Waals surface area contributed by atoms with Crippen LogP contribution in [0.15, 0.2) is 34.9 Å². The topological polar surface area (TPSA) is 89.5 Å². The number of carbonyl (C=O) groups is 1. The summed E-state index contributed by atoms with van der Waals surface area (Å²) in [6, 6.07) is 9.09. The van der Waals surface area contributed by atoms with Crippen LogP contribution in [0.3, 0.4) is 0 Å². The van der Waals surface area contributed by atoms with Gasteiger partial charge in [-0.15, -0.1) is 0 Å². The zero-order valence-corrected chi connectivity index (χ0v) is 24.0. The van der Waals surface area contributed by atoms with E-state index in [1.807, 2.05) is 43.6 Å². The van der Waals surface area contributed by atoms with Gasteiger partial charge in [0.25, 0.3) is 11.9 Å². The second kappa shape index (κ2) is 10.7. The molecule has 3 aromatic rings. The van der Waals surface area contributed by atoms with Crippen LogP contribution in [0.1, 0.15) is 66.2 Å². The summed E-state index contributed by atoms with van der Waals surface area (Å²) >= 11 is 6.37. The molecule has 8 nitrogen and oxygen atoms in total. The molecule has 1 unspecified atom stereocenters. The van der Waals surface area contributed by atoms with Gasteiger partial charge in [-0.05, 0) is 60.0 Å². The fourth-order valence-electron chi connectivity index (χ4n) is 5.45. The van der Waals surface area contributed by atoms with Crippen molar-refractivity contribution >= 4 is 29.1 Å². The number of rotatable bonds is 4. The van der Waals surface area contributed by atoms with Crippen molar-refractivity contribution in [2.75, 3.05) is 36.0 Å². The van der Waals surface area contributed by atoms with Gasteiger partial charge in [0.05, 0.1) is 22.9 Å². The Balaban J connectivity index is 1.41. The van der Waals surface area contributed by atoms with Crippen molar-refractivity contribution in [2.45, 2.75) is 58.3 Å². The zero-order valence-electron chi connectivity index (χ0n) is 23.2. The van der Waals surface area contributed by atoms with Crippen molar-refractivity contribution in [3.63, 3.8) is 0 Å². The number of anilines is 2. The normalized spacial score (nSPS) is 18.4. The summed E-state index contributed by atoms with van der Waals surface area (Å²) in [5, 5.41) is 13.4. The fraction of sp³-hybridized carbons (Fsp3) is 0.448. The zero-order chi connectivity index (χ0) is 29.7. The third kappa shape index (κ3) is 5.76. The predicted octanol–water partition coefficient (Wildman–Crippen LogP) is 5.82. The quantitative estimate of drug-likeness (QED) is 0.380. The lowest BCUT2D eigenvalue weighted by molar-refractivity contribution is -0.137. The van der Waals surface area contributed by atoms with Crippen LogP contribution in [0.2, 0.25) is 5.02 Å². The smallest absolute Gasteiger partial charge is 0.337 e. The molecule has 2 aliphatic heterocycles. The lowest BCUT2D eigenvalue weighted by atomic mass is 9.95. The Labute approximate surface area is 241 Å². The van der Waals surface area contributed by atoms with Crippen LogP contribution in [0.25, 0.3) is 0 Å². The molecule has 0 bridgehead atoms. The van der Waals surface area contributed by atoms with E-state index in [4.69, 9.17) is 16.1 Å².